The second kappa shape index (κ2) is 20.3. The first-order valence-corrected chi connectivity index (χ1v) is 26.9. The topological polar surface area (TPSA) is 205 Å². The largest absolute Gasteiger partial charge is 0.491 e. The molecule has 0 bridgehead atoms. The maximum atomic E-state index is 14.7. The molecule has 3 saturated heterocycles. The molecule has 18 heteroatoms. The van der Waals surface area contributed by atoms with Crippen molar-refractivity contribution in [2.75, 3.05) is 61.1 Å². The monoisotopic (exact) mass is 990 g/mol. The molecule has 4 fully saturated rings. The van der Waals surface area contributed by atoms with Crippen LogP contribution in [0.4, 0.5) is 28.4 Å². The number of likely N-dealkylation sites (tertiary alicyclic amines) is 1. The first kappa shape index (κ1) is 48.7. The lowest BCUT2D eigenvalue weighted by atomic mass is 9.80. The minimum Gasteiger partial charge on any atom is -0.491 e. The van der Waals surface area contributed by atoms with E-state index < -0.39 is 43.1 Å². The summed E-state index contributed by atoms with van der Waals surface area (Å²) in [6.45, 7) is 10.8. The SMILES string of the molecule is CC(C)Oc1ccccc1[C@H]1CCCCN1CC1CCN(c2ccc(C(=O)NS(=O)(=O)c3ccc(NC[C@H]4CC[C@](C)(O)CC4)c([N+](=O)[O-])c3)c(N3c4cc5cc[nH]c5nc4O[C@H]4COCC[C@@H]43)c2)CC1. The van der Waals surface area contributed by atoms with Crippen LogP contribution < -0.4 is 29.3 Å². The molecule has 4 N–H and O–H groups in total. The van der Waals surface area contributed by atoms with Crippen LogP contribution in [0.2, 0.25) is 0 Å². The van der Waals surface area contributed by atoms with Crippen molar-refractivity contribution in [3.05, 3.63) is 100 Å². The van der Waals surface area contributed by atoms with Crippen molar-refractivity contribution in [3.63, 3.8) is 0 Å². The molecular weight excluding hydrogens is 925 g/mol. The Labute approximate surface area is 415 Å². The minimum atomic E-state index is -4.62. The van der Waals surface area contributed by atoms with Gasteiger partial charge in [0.25, 0.3) is 21.6 Å². The van der Waals surface area contributed by atoms with E-state index in [-0.39, 0.29) is 29.3 Å². The smallest absolute Gasteiger partial charge is 0.293 e. The molecule has 378 valence electrons. The Balaban J connectivity index is 0.925. The number of aromatic nitrogens is 2. The molecule has 17 nitrogen and oxygen atoms in total. The third-order valence-electron chi connectivity index (χ3n) is 15.3. The zero-order chi connectivity index (χ0) is 49.4. The van der Waals surface area contributed by atoms with Gasteiger partial charge in [0, 0.05) is 67.7 Å². The number of nitro groups is 1. The van der Waals surface area contributed by atoms with Crippen molar-refractivity contribution in [2.24, 2.45) is 11.8 Å². The molecule has 2 aromatic heterocycles. The number of aromatic amines is 1. The number of carbonyl (C=O) groups excluding carboxylic acids is 1. The lowest BCUT2D eigenvalue weighted by Crippen LogP contribution is -2.53. The maximum Gasteiger partial charge on any atom is 0.293 e. The number of fused-ring (bicyclic) bond motifs is 3. The van der Waals surface area contributed by atoms with Gasteiger partial charge in [0.05, 0.1) is 45.4 Å². The van der Waals surface area contributed by atoms with E-state index in [9.17, 15) is 28.4 Å². The average molecular weight is 991 g/mol. The van der Waals surface area contributed by atoms with E-state index in [1.807, 2.05) is 31.2 Å². The molecular formula is C53H66N8O9S. The van der Waals surface area contributed by atoms with Crippen LogP contribution in [0.5, 0.6) is 11.6 Å². The molecule has 5 aliphatic rings. The van der Waals surface area contributed by atoms with Gasteiger partial charge < -0.3 is 39.4 Å². The van der Waals surface area contributed by atoms with Gasteiger partial charge in [0.15, 0.2) is 0 Å². The standard InChI is InChI=1S/C53H66N8O9S/c1-34(2)69-48-10-5-4-8-40(48)43-9-6-7-24-59(43)32-36-18-25-58(26-19-36)38-11-13-41(45(29-38)60-44-20-27-68-33-49(44)70-52-47(60)28-37-17-23-54-50(37)56-52)51(62)57-71(66,67)39-12-14-42(46(30-39)61(64)65)55-31-35-15-21-53(3,63)22-16-35/h4-5,8,10-14,17,23,28-30,34-36,43-44,49,55,63H,6-7,9,15-16,18-22,24-27,31-33H2,1-3H3,(H,54,56)(H,57,62)/t35-,43-,44+,49+,53-/m1/s1. The normalized spacial score (nSPS) is 24.2. The van der Waals surface area contributed by atoms with Gasteiger partial charge in [-0.25, -0.2) is 13.1 Å². The second-order valence-electron chi connectivity index (χ2n) is 20.7. The molecule has 71 heavy (non-hydrogen) atoms. The third kappa shape index (κ3) is 10.5. The van der Waals surface area contributed by atoms with E-state index in [1.54, 1.807) is 12.3 Å². The number of anilines is 4. The van der Waals surface area contributed by atoms with Crippen molar-refractivity contribution in [1.82, 2.24) is 19.6 Å². The molecule has 0 radical (unpaired) electrons. The highest BCUT2D eigenvalue weighted by molar-refractivity contribution is 7.90. The van der Waals surface area contributed by atoms with Crippen molar-refractivity contribution >= 4 is 55.4 Å². The summed E-state index contributed by atoms with van der Waals surface area (Å²) < 4.78 is 49.3. The predicted molar refractivity (Wildman–Crippen MR) is 272 cm³/mol. The van der Waals surface area contributed by atoms with Gasteiger partial charge in [0.1, 0.15) is 28.9 Å². The number of nitro benzene ring substituents is 1. The van der Waals surface area contributed by atoms with Crippen LogP contribution in [0.1, 0.15) is 107 Å². The summed E-state index contributed by atoms with van der Waals surface area (Å²) in [6, 6.07) is 21.6. The van der Waals surface area contributed by atoms with Gasteiger partial charge in [-0.15, -0.1) is 0 Å². The number of benzene rings is 3. The van der Waals surface area contributed by atoms with Gasteiger partial charge in [0.2, 0.25) is 5.88 Å². The molecule has 1 amide bonds. The van der Waals surface area contributed by atoms with E-state index in [2.05, 4.69) is 67.8 Å². The highest BCUT2D eigenvalue weighted by Gasteiger charge is 2.42. The van der Waals surface area contributed by atoms with Crippen LogP contribution in [0.25, 0.3) is 11.0 Å². The summed E-state index contributed by atoms with van der Waals surface area (Å²) in [5.41, 5.74) is 3.08. The van der Waals surface area contributed by atoms with E-state index >= 15 is 0 Å². The molecule has 3 atom stereocenters. The van der Waals surface area contributed by atoms with Crippen LogP contribution in [-0.4, -0.2) is 109 Å². The van der Waals surface area contributed by atoms with Crippen LogP contribution in [0.15, 0.2) is 83.9 Å². The predicted octanol–water partition coefficient (Wildman–Crippen LogP) is 8.86. The number of nitrogens with one attached hydrogen (secondary N) is 3. The van der Waals surface area contributed by atoms with Crippen LogP contribution in [0, 0.1) is 22.0 Å². The number of ether oxygens (including phenoxy) is 3. The molecule has 4 aliphatic heterocycles. The van der Waals surface area contributed by atoms with Crippen LogP contribution >= 0.6 is 0 Å². The number of aliphatic hydroxyl groups is 1. The first-order chi connectivity index (χ1) is 34.2. The second-order valence-corrected chi connectivity index (χ2v) is 22.4. The molecule has 6 heterocycles. The number of hydrogen-bond acceptors (Lipinski definition) is 14. The summed E-state index contributed by atoms with van der Waals surface area (Å²) >= 11 is 0. The molecule has 10 rings (SSSR count). The summed E-state index contributed by atoms with van der Waals surface area (Å²) in [5, 5.41) is 26.7. The zero-order valence-electron chi connectivity index (χ0n) is 40.8. The van der Waals surface area contributed by atoms with Crippen molar-refractivity contribution in [2.45, 2.75) is 120 Å². The lowest BCUT2D eigenvalue weighted by molar-refractivity contribution is -0.384. The van der Waals surface area contributed by atoms with E-state index in [0.717, 1.165) is 81.2 Å². The quantitative estimate of drug-likeness (QED) is 0.0606. The van der Waals surface area contributed by atoms with Gasteiger partial charge in [-0.3, -0.25) is 19.8 Å². The maximum absolute atomic E-state index is 14.7. The van der Waals surface area contributed by atoms with Crippen molar-refractivity contribution in [3.8, 4) is 11.6 Å². The highest BCUT2D eigenvalue weighted by atomic mass is 32.2. The van der Waals surface area contributed by atoms with Gasteiger partial charge in [-0.05, 0) is 145 Å². The van der Waals surface area contributed by atoms with E-state index in [1.165, 1.54) is 30.5 Å². The summed E-state index contributed by atoms with van der Waals surface area (Å²) in [7, 11) is -4.62. The minimum absolute atomic E-state index is 0.0909. The Morgan fingerprint density at radius 1 is 0.972 bits per heavy atom. The van der Waals surface area contributed by atoms with E-state index in [0.29, 0.717) is 73.9 Å². The molecule has 1 aliphatic carbocycles. The molecule has 5 aromatic rings. The number of carbonyl (C=O) groups is 1. The Morgan fingerprint density at radius 2 is 1.77 bits per heavy atom. The molecule has 0 unspecified atom stereocenters. The van der Waals surface area contributed by atoms with Gasteiger partial charge in [-0.2, -0.15) is 4.98 Å². The number of sulfonamides is 1. The Morgan fingerprint density at radius 3 is 2.56 bits per heavy atom. The number of para-hydroxylation sites is 1. The fourth-order valence-corrected chi connectivity index (χ4v) is 12.4. The molecule has 0 spiro atoms. The van der Waals surface area contributed by atoms with Gasteiger partial charge >= 0.3 is 0 Å². The number of pyridine rings is 1. The number of rotatable bonds is 14. The fraction of sp³-hybridized carbons (Fsp3) is 0.509. The van der Waals surface area contributed by atoms with Crippen LogP contribution in [0.3, 0.4) is 0 Å². The Kier molecular flexibility index (Phi) is 13.9. The van der Waals surface area contributed by atoms with E-state index in [4.69, 9.17) is 19.2 Å². The number of piperidine rings is 2. The Hall–Kier alpha value is -5.95. The summed E-state index contributed by atoms with van der Waals surface area (Å²) in [6.07, 6.45) is 10.2. The number of H-pyrrole nitrogens is 1. The lowest BCUT2D eigenvalue weighted by Gasteiger charge is -2.45. The Bertz CT molecular complexity index is 2860. The fourth-order valence-electron chi connectivity index (χ4n) is 11.4. The van der Waals surface area contributed by atoms with Crippen molar-refractivity contribution < 1.29 is 37.5 Å². The summed E-state index contributed by atoms with van der Waals surface area (Å²) in [5.74, 6) is 1.13. The van der Waals surface area contributed by atoms with Crippen LogP contribution in [-0.2, 0) is 14.8 Å². The highest BCUT2D eigenvalue weighted by Crippen LogP contribution is 2.46. The third-order valence-corrected chi connectivity index (χ3v) is 16.6. The molecule has 3 aromatic carbocycles. The number of hydrogen-bond donors (Lipinski definition) is 4. The summed E-state index contributed by atoms with van der Waals surface area (Å²) in [4.78, 5) is 41.1. The first-order valence-electron chi connectivity index (χ1n) is 25.4. The number of nitrogens with zero attached hydrogens (tertiary/aromatic N) is 5. The van der Waals surface area contributed by atoms with Gasteiger partial charge in [-0.1, -0.05) is 24.6 Å². The molecule has 1 saturated carbocycles. The zero-order valence-corrected chi connectivity index (χ0v) is 41.7. The van der Waals surface area contributed by atoms with Crippen molar-refractivity contribution in [1.29, 1.82) is 0 Å². The number of amides is 1. The average Bonchev–Trinajstić information content (AvgIpc) is 3.82.